The molecule has 5 aromatic rings. The predicted octanol–water partition coefficient (Wildman–Crippen LogP) is 5.65. The van der Waals surface area contributed by atoms with Gasteiger partial charge >= 0.3 is 0 Å². The first-order chi connectivity index (χ1) is 17.5. The van der Waals surface area contributed by atoms with E-state index in [0.29, 0.717) is 22.1 Å². The molecule has 0 fully saturated rings. The molecule has 0 aliphatic carbocycles. The van der Waals surface area contributed by atoms with E-state index in [1.165, 1.54) is 11.3 Å². The summed E-state index contributed by atoms with van der Waals surface area (Å²) in [4.78, 5) is 26.5. The van der Waals surface area contributed by atoms with Gasteiger partial charge in [0.15, 0.2) is 0 Å². The second kappa shape index (κ2) is 10.5. The molecule has 0 saturated carbocycles. The number of amides is 2. The lowest BCUT2D eigenvalue weighted by atomic mass is 10.0. The maximum absolute atomic E-state index is 13.3. The van der Waals surface area contributed by atoms with Crippen molar-refractivity contribution in [2.24, 2.45) is 0 Å². The molecule has 178 valence electrons. The molecule has 4 aromatic carbocycles. The second-order valence-corrected chi connectivity index (χ2v) is 9.53. The van der Waals surface area contributed by atoms with Crippen molar-refractivity contribution >= 4 is 39.1 Å². The van der Waals surface area contributed by atoms with Crippen molar-refractivity contribution in [3.63, 3.8) is 0 Å². The summed E-state index contributed by atoms with van der Waals surface area (Å²) >= 11 is 1.30. The van der Waals surface area contributed by atoms with Crippen LogP contribution >= 0.6 is 11.3 Å². The topological polar surface area (TPSA) is 84.0 Å². The van der Waals surface area contributed by atoms with Crippen molar-refractivity contribution in [1.29, 1.82) is 0 Å². The minimum atomic E-state index is -0.794. The summed E-state index contributed by atoms with van der Waals surface area (Å²) < 4.78 is 0. The highest BCUT2D eigenvalue weighted by molar-refractivity contribution is 7.18. The maximum Gasteiger partial charge on any atom is 0.251 e. The van der Waals surface area contributed by atoms with Crippen LogP contribution in [0.1, 0.15) is 21.5 Å². The number of nitrogens with zero attached hydrogens (tertiary/aromatic N) is 2. The van der Waals surface area contributed by atoms with E-state index >= 15 is 0 Å². The van der Waals surface area contributed by atoms with Crippen molar-refractivity contribution in [1.82, 2.24) is 15.5 Å². The summed E-state index contributed by atoms with van der Waals surface area (Å²) in [5.41, 5.74) is 3.50. The normalized spacial score (nSPS) is 11.7. The number of hydrogen-bond donors (Lipinski definition) is 2. The van der Waals surface area contributed by atoms with Gasteiger partial charge in [-0.3, -0.25) is 14.9 Å². The maximum atomic E-state index is 13.3. The molecule has 36 heavy (non-hydrogen) atoms. The largest absolute Gasteiger partial charge is 0.340 e. The number of hydrogen-bond acceptors (Lipinski definition) is 5. The number of fused-ring (bicyclic) bond motifs is 1. The first-order valence-corrected chi connectivity index (χ1v) is 12.4. The number of aromatic nitrogens is 2. The molecule has 0 unspecified atom stereocenters. The van der Waals surface area contributed by atoms with E-state index < -0.39 is 6.04 Å². The number of nitrogens with one attached hydrogen (secondary N) is 2. The third kappa shape index (κ3) is 5.47. The summed E-state index contributed by atoms with van der Waals surface area (Å²) in [6, 6.07) is 30.1. The van der Waals surface area contributed by atoms with E-state index in [4.69, 9.17) is 0 Å². The molecule has 2 N–H and O–H groups in total. The highest BCUT2D eigenvalue weighted by Crippen LogP contribution is 2.27. The first kappa shape index (κ1) is 23.4. The minimum absolute atomic E-state index is 0.311. The Morgan fingerprint density at radius 2 is 1.61 bits per heavy atom. The van der Waals surface area contributed by atoms with Crippen LogP contribution in [0.4, 0.5) is 5.13 Å². The van der Waals surface area contributed by atoms with Crippen LogP contribution in [0.2, 0.25) is 0 Å². The van der Waals surface area contributed by atoms with Crippen LogP contribution in [0, 0.1) is 6.92 Å². The average Bonchev–Trinajstić information content (AvgIpc) is 3.37. The second-order valence-electron chi connectivity index (χ2n) is 8.55. The van der Waals surface area contributed by atoms with Gasteiger partial charge in [-0.05, 0) is 41.5 Å². The van der Waals surface area contributed by atoms with Crippen LogP contribution in [0.3, 0.4) is 0 Å². The lowest BCUT2D eigenvalue weighted by molar-refractivity contribution is -0.118. The number of benzene rings is 4. The lowest BCUT2D eigenvalue weighted by Crippen LogP contribution is -2.45. The SMILES string of the molecule is Cc1cccc(-c2nnc(NC(=O)[C@H](Cc3ccccc3)NC(=O)c3ccc4ccccc4c3)s2)c1. The van der Waals surface area contributed by atoms with Crippen molar-refractivity contribution in [2.45, 2.75) is 19.4 Å². The standard InChI is InChI=1S/C29H24N4O2S/c1-19-8-7-13-24(16-19)28-32-33-29(36-28)31-27(35)25(17-20-9-3-2-4-10-20)30-26(34)23-15-14-21-11-5-6-12-22(21)18-23/h2-16,18,25H,17H2,1H3,(H,30,34)(H,31,33,35)/t25-/m0/s1. The van der Waals surface area contributed by atoms with Crippen LogP contribution in [0.5, 0.6) is 0 Å². The minimum Gasteiger partial charge on any atom is -0.340 e. The molecule has 0 radical (unpaired) electrons. The molecule has 1 heterocycles. The summed E-state index contributed by atoms with van der Waals surface area (Å²) in [6.07, 6.45) is 0.343. The highest BCUT2D eigenvalue weighted by atomic mass is 32.1. The van der Waals surface area contributed by atoms with Crippen LogP contribution < -0.4 is 10.6 Å². The zero-order chi connectivity index (χ0) is 24.9. The number of carbonyl (C=O) groups excluding carboxylic acids is 2. The van der Waals surface area contributed by atoms with E-state index in [9.17, 15) is 9.59 Å². The van der Waals surface area contributed by atoms with Gasteiger partial charge in [-0.25, -0.2) is 0 Å². The van der Waals surface area contributed by atoms with Gasteiger partial charge in [0, 0.05) is 17.5 Å². The Bertz CT molecular complexity index is 1530. The molecule has 6 nitrogen and oxygen atoms in total. The molecular formula is C29H24N4O2S. The molecule has 1 atom stereocenters. The first-order valence-electron chi connectivity index (χ1n) is 11.6. The monoisotopic (exact) mass is 492 g/mol. The molecule has 2 amide bonds. The Morgan fingerprint density at radius 1 is 0.833 bits per heavy atom. The molecule has 0 spiro atoms. The summed E-state index contributed by atoms with van der Waals surface area (Å²) in [6.45, 7) is 2.01. The third-order valence-corrected chi connectivity index (χ3v) is 6.72. The van der Waals surface area contributed by atoms with Gasteiger partial charge in [0.25, 0.3) is 5.91 Å². The molecule has 5 rings (SSSR count). The predicted molar refractivity (Wildman–Crippen MR) is 144 cm³/mol. The Labute approximate surface area is 213 Å². The lowest BCUT2D eigenvalue weighted by Gasteiger charge is -2.18. The summed E-state index contributed by atoms with van der Waals surface area (Å²) in [5, 5.41) is 17.3. The molecular weight excluding hydrogens is 468 g/mol. The van der Waals surface area contributed by atoms with Crippen LogP contribution in [0.25, 0.3) is 21.3 Å². The van der Waals surface area contributed by atoms with Gasteiger partial charge in [-0.1, -0.05) is 95.8 Å². The van der Waals surface area contributed by atoms with Crippen LogP contribution in [-0.4, -0.2) is 28.1 Å². The Kier molecular flexibility index (Phi) is 6.82. The molecule has 0 saturated heterocycles. The van der Waals surface area contributed by atoms with Gasteiger partial charge in [-0.15, -0.1) is 10.2 Å². The van der Waals surface area contributed by atoms with Crippen molar-refractivity contribution in [2.75, 3.05) is 5.32 Å². The fraction of sp³-hybridized carbons (Fsp3) is 0.103. The Hall–Kier alpha value is -4.36. The molecule has 7 heteroatoms. The molecule has 1 aromatic heterocycles. The van der Waals surface area contributed by atoms with E-state index in [1.54, 1.807) is 6.07 Å². The van der Waals surface area contributed by atoms with Gasteiger partial charge in [0.05, 0.1) is 0 Å². The Balaban J connectivity index is 1.36. The average molecular weight is 493 g/mol. The fourth-order valence-corrected chi connectivity index (χ4v) is 4.74. The van der Waals surface area contributed by atoms with Gasteiger partial charge in [-0.2, -0.15) is 0 Å². The van der Waals surface area contributed by atoms with Gasteiger partial charge < -0.3 is 5.32 Å². The summed E-state index contributed by atoms with van der Waals surface area (Å²) in [5.74, 6) is -0.658. The third-order valence-electron chi connectivity index (χ3n) is 5.84. The van der Waals surface area contributed by atoms with E-state index in [1.807, 2.05) is 97.9 Å². The number of aryl methyl sites for hydroxylation is 1. The number of carbonyl (C=O) groups is 2. The zero-order valence-corrected chi connectivity index (χ0v) is 20.5. The number of anilines is 1. The van der Waals surface area contributed by atoms with Crippen molar-refractivity contribution in [3.05, 3.63) is 114 Å². The van der Waals surface area contributed by atoms with Crippen LogP contribution in [0.15, 0.2) is 97.1 Å². The van der Waals surface area contributed by atoms with Gasteiger partial charge in [0.1, 0.15) is 11.0 Å². The van der Waals surface area contributed by atoms with E-state index in [2.05, 4.69) is 20.8 Å². The molecule has 0 aliphatic rings. The molecule has 0 bridgehead atoms. The quantitative estimate of drug-likeness (QED) is 0.308. The molecule has 0 aliphatic heterocycles. The highest BCUT2D eigenvalue weighted by Gasteiger charge is 2.23. The fourth-order valence-electron chi connectivity index (χ4n) is 3.99. The van der Waals surface area contributed by atoms with E-state index in [-0.39, 0.29) is 11.8 Å². The summed E-state index contributed by atoms with van der Waals surface area (Å²) in [7, 11) is 0. The number of rotatable bonds is 7. The van der Waals surface area contributed by atoms with Gasteiger partial charge in [0.2, 0.25) is 11.0 Å². The van der Waals surface area contributed by atoms with Crippen molar-refractivity contribution in [3.8, 4) is 10.6 Å². The smallest absolute Gasteiger partial charge is 0.251 e. The van der Waals surface area contributed by atoms with Crippen molar-refractivity contribution < 1.29 is 9.59 Å². The van der Waals surface area contributed by atoms with E-state index in [0.717, 1.165) is 27.5 Å². The Morgan fingerprint density at radius 3 is 2.42 bits per heavy atom. The van der Waals surface area contributed by atoms with Crippen LogP contribution in [-0.2, 0) is 11.2 Å². The zero-order valence-electron chi connectivity index (χ0n) is 19.6.